The number of rotatable bonds is 6. The van der Waals surface area contributed by atoms with Gasteiger partial charge in [-0.1, -0.05) is 24.3 Å². The van der Waals surface area contributed by atoms with Crippen LogP contribution >= 0.6 is 0 Å². The summed E-state index contributed by atoms with van der Waals surface area (Å²) >= 11 is 0. The molecule has 0 saturated carbocycles. The normalized spacial score (nSPS) is 17.0. The van der Waals surface area contributed by atoms with E-state index in [4.69, 9.17) is 0 Å². The zero-order chi connectivity index (χ0) is 18.5. The smallest absolute Gasteiger partial charge is 0.272 e. The summed E-state index contributed by atoms with van der Waals surface area (Å²) in [6, 6.07) is 10.1. The van der Waals surface area contributed by atoms with Crippen molar-refractivity contribution in [2.45, 2.75) is 32.0 Å². The van der Waals surface area contributed by atoms with Crippen molar-refractivity contribution in [2.75, 3.05) is 13.1 Å². The fraction of sp³-hybridized carbons (Fsp3) is 0.368. The second kappa shape index (κ2) is 8.13. The van der Waals surface area contributed by atoms with Gasteiger partial charge in [0.05, 0.1) is 12.6 Å². The Morgan fingerprint density at radius 1 is 1.26 bits per heavy atom. The second-order valence-corrected chi connectivity index (χ2v) is 6.73. The Morgan fingerprint density at radius 2 is 2.15 bits per heavy atom. The Kier molecular flexibility index (Phi) is 5.24. The van der Waals surface area contributed by atoms with Crippen LogP contribution in [0.5, 0.6) is 0 Å². The zero-order valence-electron chi connectivity index (χ0n) is 15.1. The molecule has 0 radical (unpaired) electrons. The summed E-state index contributed by atoms with van der Waals surface area (Å²) < 4.78 is 3.67. The number of benzene rings is 1. The van der Waals surface area contributed by atoms with Crippen molar-refractivity contribution in [3.8, 4) is 0 Å². The van der Waals surface area contributed by atoms with Crippen LogP contribution in [0.1, 0.15) is 40.5 Å². The van der Waals surface area contributed by atoms with Crippen LogP contribution in [0, 0.1) is 0 Å². The summed E-state index contributed by atoms with van der Waals surface area (Å²) in [6.45, 7) is 3.02. The quantitative estimate of drug-likeness (QED) is 0.689. The van der Waals surface area contributed by atoms with Crippen LogP contribution in [0.15, 0.2) is 49.2 Å². The van der Waals surface area contributed by atoms with Crippen LogP contribution in [0.4, 0.5) is 0 Å². The van der Waals surface area contributed by atoms with Crippen molar-refractivity contribution in [2.24, 2.45) is 0 Å². The third-order valence-corrected chi connectivity index (χ3v) is 4.84. The Morgan fingerprint density at radius 3 is 2.93 bits per heavy atom. The van der Waals surface area contributed by atoms with Crippen molar-refractivity contribution in [1.82, 2.24) is 35.2 Å². The van der Waals surface area contributed by atoms with E-state index in [2.05, 4.69) is 25.8 Å². The fourth-order valence-corrected chi connectivity index (χ4v) is 3.36. The summed E-state index contributed by atoms with van der Waals surface area (Å²) in [6.07, 6.45) is 7.32. The van der Waals surface area contributed by atoms with Crippen LogP contribution in [-0.2, 0) is 13.1 Å². The van der Waals surface area contributed by atoms with E-state index in [0.29, 0.717) is 24.8 Å². The molecule has 8 nitrogen and oxygen atoms in total. The number of nitrogens with one attached hydrogen (secondary N) is 2. The predicted octanol–water partition coefficient (Wildman–Crippen LogP) is 1.38. The van der Waals surface area contributed by atoms with Gasteiger partial charge < -0.3 is 10.6 Å². The molecule has 1 aliphatic rings. The lowest BCUT2D eigenvalue weighted by atomic mass is 10.1. The van der Waals surface area contributed by atoms with Gasteiger partial charge >= 0.3 is 0 Å². The van der Waals surface area contributed by atoms with Crippen molar-refractivity contribution in [3.63, 3.8) is 0 Å². The molecule has 3 heterocycles. The first-order valence-corrected chi connectivity index (χ1v) is 9.23. The molecule has 27 heavy (non-hydrogen) atoms. The van der Waals surface area contributed by atoms with Gasteiger partial charge in [-0.3, -0.25) is 9.48 Å². The minimum absolute atomic E-state index is 0.159. The maximum atomic E-state index is 12.5. The molecule has 140 valence electrons. The topological polar surface area (TPSA) is 89.7 Å². The second-order valence-electron chi connectivity index (χ2n) is 6.73. The van der Waals surface area contributed by atoms with Crippen molar-refractivity contribution >= 4 is 5.91 Å². The van der Waals surface area contributed by atoms with E-state index in [-0.39, 0.29) is 5.91 Å². The molecule has 1 amide bonds. The molecular weight excluding hydrogens is 342 g/mol. The minimum Gasteiger partial charge on any atom is -0.347 e. The first-order valence-electron chi connectivity index (χ1n) is 9.23. The Hall–Kier alpha value is -3.00. The number of piperidine rings is 1. The zero-order valence-corrected chi connectivity index (χ0v) is 15.1. The Balaban J connectivity index is 1.39. The molecule has 0 aliphatic carbocycles. The van der Waals surface area contributed by atoms with Gasteiger partial charge in [0.25, 0.3) is 5.91 Å². The molecule has 1 fully saturated rings. The highest BCUT2D eigenvalue weighted by molar-refractivity contribution is 5.92. The van der Waals surface area contributed by atoms with E-state index in [1.807, 2.05) is 35.1 Å². The van der Waals surface area contributed by atoms with Gasteiger partial charge in [-0.25, -0.2) is 9.67 Å². The van der Waals surface area contributed by atoms with Crippen molar-refractivity contribution < 1.29 is 4.79 Å². The molecular formula is C19H23N7O. The molecule has 8 heteroatoms. The number of carbonyl (C=O) groups is 1. The lowest BCUT2D eigenvalue weighted by Crippen LogP contribution is -2.32. The lowest BCUT2D eigenvalue weighted by Gasteiger charge is -2.22. The molecule has 1 aromatic carbocycles. The molecule has 2 aromatic heterocycles. The van der Waals surface area contributed by atoms with Gasteiger partial charge in [0, 0.05) is 19.3 Å². The van der Waals surface area contributed by atoms with Crippen LogP contribution in [0.25, 0.3) is 0 Å². The van der Waals surface area contributed by atoms with Crippen LogP contribution in [0.2, 0.25) is 0 Å². The SMILES string of the molecule is O=C(NCc1ccccc1Cn1cncn1)c1ccn(C2CCCNC2)n1. The number of hydrogen-bond acceptors (Lipinski definition) is 5. The standard InChI is InChI=1S/C19H23N7O/c27-19(18-7-9-26(24-18)17-6-3-8-20-11-17)22-10-15-4-1-2-5-16(15)12-25-14-21-13-23-25/h1-2,4-5,7,9,13-14,17,20H,3,6,8,10-12H2,(H,22,27). The van der Waals surface area contributed by atoms with Gasteiger partial charge in [0.1, 0.15) is 18.3 Å². The molecule has 1 saturated heterocycles. The highest BCUT2D eigenvalue weighted by Crippen LogP contribution is 2.16. The molecule has 4 rings (SSSR count). The van der Waals surface area contributed by atoms with Crippen molar-refractivity contribution in [3.05, 3.63) is 66.0 Å². The van der Waals surface area contributed by atoms with Crippen LogP contribution in [-0.4, -0.2) is 43.5 Å². The number of nitrogens with zero attached hydrogens (tertiary/aromatic N) is 5. The number of hydrogen-bond donors (Lipinski definition) is 2. The van der Waals surface area contributed by atoms with Crippen LogP contribution < -0.4 is 10.6 Å². The third kappa shape index (κ3) is 4.22. The molecule has 1 aliphatic heterocycles. The molecule has 1 unspecified atom stereocenters. The average molecular weight is 365 g/mol. The van der Waals surface area contributed by atoms with Gasteiger partial charge in [0.15, 0.2) is 0 Å². The van der Waals surface area contributed by atoms with Gasteiger partial charge in [0.2, 0.25) is 0 Å². The summed E-state index contributed by atoms with van der Waals surface area (Å²) in [5.41, 5.74) is 2.61. The number of aromatic nitrogens is 5. The Labute approximate surface area is 157 Å². The van der Waals surface area contributed by atoms with E-state index in [0.717, 1.165) is 37.1 Å². The first kappa shape index (κ1) is 17.4. The van der Waals surface area contributed by atoms with E-state index in [1.165, 1.54) is 6.33 Å². The van der Waals surface area contributed by atoms with E-state index in [1.54, 1.807) is 17.1 Å². The van der Waals surface area contributed by atoms with Gasteiger partial charge in [-0.15, -0.1) is 0 Å². The molecule has 0 bridgehead atoms. The molecule has 0 spiro atoms. The maximum absolute atomic E-state index is 12.5. The summed E-state index contributed by atoms with van der Waals surface area (Å²) in [7, 11) is 0. The first-order chi connectivity index (χ1) is 13.3. The lowest BCUT2D eigenvalue weighted by molar-refractivity contribution is 0.0944. The van der Waals surface area contributed by atoms with Gasteiger partial charge in [-0.2, -0.15) is 10.2 Å². The maximum Gasteiger partial charge on any atom is 0.272 e. The summed E-state index contributed by atoms with van der Waals surface area (Å²) in [5, 5.41) is 15.0. The summed E-state index contributed by atoms with van der Waals surface area (Å²) in [5.74, 6) is -0.159. The summed E-state index contributed by atoms with van der Waals surface area (Å²) in [4.78, 5) is 16.5. The third-order valence-electron chi connectivity index (χ3n) is 4.84. The molecule has 3 aromatic rings. The monoisotopic (exact) mass is 365 g/mol. The van der Waals surface area contributed by atoms with Crippen molar-refractivity contribution in [1.29, 1.82) is 0 Å². The molecule has 2 N–H and O–H groups in total. The highest BCUT2D eigenvalue weighted by atomic mass is 16.1. The Bertz CT molecular complexity index is 881. The van der Waals surface area contributed by atoms with E-state index in [9.17, 15) is 4.79 Å². The average Bonchev–Trinajstić information content (AvgIpc) is 3.40. The fourth-order valence-electron chi connectivity index (χ4n) is 3.36. The minimum atomic E-state index is -0.159. The highest BCUT2D eigenvalue weighted by Gasteiger charge is 2.17. The van der Waals surface area contributed by atoms with E-state index < -0.39 is 0 Å². The van der Waals surface area contributed by atoms with Crippen LogP contribution in [0.3, 0.4) is 0 Å². The molecule has 1 atom stereocenters. The largest absolute Gasteiger partial charge is 0.347 e. The van der Waals surface area contributed by atoms with E-state index >= 15 is 0 Å². The van der Waals surface area contributed by atoms with Gasteiger partial charge in [-0.05, 0) is 36.6 Å². The number of amides is 1. The number of carbonyl (C=O) groups excluding carboxylic acids is 1. The predicted molar refractivity (Wildman–Crippen MR) is 100 cm³/mol.